The van der Waals surface area contributed by atoms with E-state index in [4.69, 9.17) is 10.7 Å². The number of primary amides is 1. The molecule has 0 saturated heterocycles. The highest BCUT2D eigenvalue weighted by atomic mass is 16.1. The second-order valence-corrected chi connectivity index (χ2v) is 7.41. The summed E-state index contributed by atoms with van der Waals surface area (Å²) in [6.45, 7) is 0. The van der Waals surface area contributed by atoms with Crippen molar-refractivity contribution < 1.29 is 4.79 Å². The Kier molecular flexibility index (Phi) is 4.16. The molecule has 2 aromatic rings. The van der Waals surface area contributed by atoms with Gasteiger partial charge in [-0.15, -0.1) is 0 Å². The summed E-state index contributed by atoms with van der Waals surface area (Å²) < 4.78 is 0. The first-order valence-electron chi connectivity index (χ1n) is 9.18. The number of fused-ring (bicyclic) bond motifs is 1. The molecule has 128 valence electrons. The van der Waals surface area contributed by atoms with E-state index >= 15 is 0 Å². The smallest absolute Gasteiger partial charge is 0.226 e. The molecular formula is C22H24N2O. The molecule has 25 heavy (non-hydrogen) atoms. The van der Waals surface area contributed by atoms with Crippen molar-refractivity contribution in [1.82, 2.24) is 0 Å². The van der Waals surface area contributed by atoms with E-state index in [-0.39, 0.29) is 17.4 Å². The summed E-state index contributed by atoms with van der Waals surface area (Å²) in [7, 11) is 0. The van der Waals surface area contributed by atoms with E-state index in [0.717, 1.165) is 36.1 Å². The molecule has 1 amide bonds. The zero-order valence-corrected chi connectivity index (χ0v) is 14.4. The molecule has 1 atom stereocenters. The van der Waals surface area contributed by atoms with Crippen molar-refractivity contribution in [2.45, 2.75) is 44.1 Å². The summed E-state index contributed by atoms with van der Waals surface area (Å²) >= 11 is 0. The first-order valence-corrected chi connectivity index (χ1v) is 9.18. The van der Waals surface area contributed by atoms with Crippen molar-refractivity contribution in [3.8, 4) is 0 Å². The number of nitrogens with zero attached hydrogens (tertiary/aromatic N) is 1. The fourth-order valence-electron chi connectivity index (χ4n) is 4.40. The molecule has 1 aliphatic heterocycles. The lowest BCUT2D eigenvalue weighted by molar-refractivity contribution is -0.119. The minimum absolute atomic E-state index is 0.0198. The van der Waals surface area contributed by atoms with Gasteiger partial charge in [0, 0.05) is 0 Å². The van der Waals surface area contributed by atoms with Gasteiger partial charge >= 0.3 is 0 Å². The van der Waals surface area contributed by atoms with Crippen molar-refractivity contribution in [1.29, 1.82) is 0 Å². The maximum absolute atomic E-state index is 12.4. The Labute approximate surface area is 149 Å². The molecule has 2 N–H and O–H groups in total. The van der Waals surface area contributed by atoms with Crippen molar-refractivity contribution in [2.24, 2.45) is 16.6 Å². The van der Waals surface area contributed by atoms with Crippen LogP contribution in [0.1, 0.15) is 42.4 Å². The summed E-state index contributed by atoms with van der Waals surface area (Å²) in [5.74, 6) is -0.659. The fraction of sp³-hybridized carbons (Fsp3) is 0.364. The van der Waals surface area contributed by atoms with Gasteiger partial charge in [-0.3, -0.25) is 9.79 Å². The normalized spacial score (nSPS) is 19.3. The molecule has 0 aromatic heterocycles. The number of carbonyl (C=O) groups is 1. The highest BCUT2D eigenvalue weighted by Crippen LogP contribution is 2.41. The maximum Gasteiger partial charge on any atom is 0.226 e. The highest BCUT2D eigenvalue weighted by Gasteiger charge is 2.40. The summed E-state index contributed by atoms with van der Waals surface area (Å²) in [5.41, 5.74) is 10.3. The molecule has 1 fully saturated rings. The minimum atomic E-state index is -0.374. The fourth-order valence-corrected chi connectivity index (χ4v) is 4.40. The lowest BCUT2D eigenvalue weighted by Crippen LogP contribution is -2.40. The SMILES string of the molecule is NC(=O)C(Cc1ccccc1)C1=NC2(CCCC2)Cc2ccccc21. The Morgan fingerprint density at radius 2 is 1.72 bits per heavy atom. The zero-order valence-electron chi connectivity index (χ0n) is 14.4. The van der Waals surface area contributed by atoms with Crippen LogP contribution in [-0.4, -0.2) is 17.2 Å². The monoisotopic (exact) mass is 332 g/mol. The standard InChI is InChI=1S/C22H24N2O/c23-21(25)19(14-16-8-2-1-3-9-16)20-18-11-5-4-10-17(18)15-22(24-20)12-6-7-13-22/h1-5,8-11,19H,6-7,12-15H2,(H2,23,25). The topological polar surface area (TPSA) is 55.5 Å². The Bertz CT molecular complexity index is 804. The molecule has 1 aliphatic carbocycles. The average molecular weight is 332 g/mol. The largest absolute Gasteiger partial charge is 0.369 e. The molecule has 1 heterocycles. The van der Waals surface area contributed by atoms with E-state index < -0.39 is 0 Å². The van der Waals surface area contributed by atoms with Gasteiger partial charge in [-0.25, -0.2) is 0 Å². The molecule has 1 unspecified atom stereocenters. The summed E-state index contributed by atoms with van der Waals surface area (Å²) in [6, 6.07) is 18.5. The Morgan fingerprint density at radius 1 is 1.04 bits per heavy atom. The van der Waals surface area contributed by atoms with Crippen molar-refractivity contribution >= 4 is 11.6 Å². The molecular weight excluding hydrogens is 308 g/mol. The molecule has 1 spiro atoms. The van der Waals surface area contributed by atoms with Crippen LogP contribution in [-0.2, 0) is 17.6 Å². The van der Waals surface area contributed by atoms with E-state index in [0.29, 0.717) is 6.42 Å². The lowest BCUT2D eigenvalue weighted by Gasteiger charge is -2.34. The number of nitrogens with two attached hydrogens (primary N) is 1. The number of amides is 1. The van der Waals surface area contributed by atoms with Crippen LogP contribution in [0.25, 0.3) is 0 Å². The summed E-state index contributed by atoms with van der Waals surface area (Å²) in [5, 5.41) is 0. The van der Waals surface area contributed by atoms with Crippen LogP contribution >= 0.6 is 0 Å². The van der Waals surface area contributed by atoms with Crippen molar-refractivity contribution in [3.05, 3.63) is 71.3 Å². The lowest BCUT2D eigenvalue weighted by atomic mass is 9.79. The Morgan fingerprint density at radius 3 is 2.44 bits per heavy atom. The number of aliphatic imine (C=N–C) groups is 1. The predicted molar refractivity (Wildman–Crippen MR) is 101 cm³/mol. The van der Waals surface area contributed by atoms with Crippen LogP contribution < -0.4 is 5.73 Å². The number of hydrogen-bond acceptors (Lipinski definition) is 2. The molecule has 2 aliphatic rings. The van der Waals surface area contributed by atoms with Crippen LogP contribution in [0.15, 0.2) is 59.6 Å². The highest BCUT2D eigenvalue weighted by molar-refractivity contribution is 6.14. The van der Waals surface area contributed by atoms with Gasteiger partial charge in [-0.2, -0.15) is 0 Å². The van der Waals surface area contributed by atoms with Gasteiger partial charge in [0.25, 0.3) is 0 Å². The first-order chi connectivity index (χ1) is 12.2. The average Bonchev–Trinajstić information content (AvgIpc) is 3.07. The van der Waals surface area contributed by atoms with Gasteiger partial charge in [0.15, 0.2) is 0 Å². The van der Waals surface area contributed by atoms with Gasteiger partial charge in [0.05, 0.1) is 17.2 Å². The molecule has 0 radical (unpaired) electrons. The van der Waals surface area contributed by atoms with Crippen LogP contribution in [0.5, 0.6) is 0 Å². The van der Waals surface area contributed by atoms with E-state index in [2.05, 4.69) is 30.3 Å². The maximum atomic E-state index is 12.4. The minimum Gasteiger partial charge on any atom is -0.369 e. The Balaban J connectivity index is 1.78. The van der Waals surface area contributed by atoms with E-state index in [1.54, 1.807) is 0 Å². The third-order valence-corrected chi connectivity index (χ3v) is 5.66. The van der Waals surface area contributed by atoms with Gasteiger partial charge < -0.3 is 5.73 Å². The van der Waals surface area contributed by atoms with Crippen LogP contribution in [0, 0.1) is 5.92 Å². The third kappa shape index (κ3) is 3.11. The van der Waals surface area contributed by atoms with E-state index in [9.17, 15) is 4.79 Å². The van der Waals surface area contributed by atoms with Gasteiger partial charge in [0.2, 0.25) is 5.91 Å². The molecule has 2 aromatic carbocycles. The van der Waals surface area contributed by atoms with Gasteiger partial charge in [0.1, 0.15) is 0 Å². The second-order valence-electron chi connectivity index (χ2n) is 7.41. The molecule has 1 saturated carbocycles. The number of rotatable bonds is 4. The predicted octanol–water partition coefficient (Wildman–Crippen LogP) is 3.69. The summed E-state index contributed by atoms with van der Waals surface area (Å²) in [6.07, 6.45) is 6.27. The van der Waals surface area contributed by atoms with Crippen LogP contribution in [0.3, 0.4) is 0 Å². The second kappa shape index (κ2) is 6.47. The molecule has 0 bridgehead atoms. The van der Waals surface area contributed by atoms with Crippen molar-refractivity contribution in [3.63, 3.8) is 0 Å². The quantitative estimate of drug-likeness (QED) is 0.912. The third-order valence-electron chi connectivity index (χ3n) is 5.66. The van der Waals surface area contributed by atoms with Crippen LogP contribution in [0.2, 0.25) is 0 Å². The molecule has 3 nitrogen and oxygen atoms in total. The number of benzene rings is 2. The zero-order chi connectivity index (χ0) is 17.3. The Hall–Kier alpha value is -2.42. The number of carbonyl (C=O) groups excluding carboxylic acids is 1. The molecule has 3 heteroatoms. The van der Waals surface area contributed by atoms with Gasteiger partial charge in [-0.05, 0) is 42.4 Å². The van der Waals surface area contributed by atoms with E-state index in [1.165, 1.54) is 18.4 Å². The van der Waals surface area contributed by atoms with Crippen LogP contribution in [0.4, 0.5) is 0 Å². The van der Waals surface area contributed by atoms with E-state index in [1.807, 2.05) is 24.3 Å². The number of hydrogen-bond donors (Lipinski definition) is 1. The van der Waals surface area contributed by atoms with Gasteiger partial charge in [-0.1, -0.05) is 67.4 Å². The molecule has 4 rings (SSSR count). The van der Waals surface area contributed by atoms with Crippen molar-refractivity contribution in [2.75, 3.05) is 0 Å². The first kappa shape index (κ1) is 16.1. The summed E-state index contributed by atoms with van der Waals surface area (Å²) in [4.78, 5) is 17.5.